The van der Waals surface area contributed by atoms with Crippen LogP contribution in [0, 0.1) is 11.3 Å². The standard InChI is InChI=1S/C17H17ClN2O2.C4H4O4/c18-15-7-6-13(11-19)17(10-15)22-16-5-2-1-4-14(16)12-20-8-3-9-21;5-3(6)1-2-4(7)8/h1-2,4-7,10,20-21H,3,8-9,12H2;1-2H,(H,5,6)(H,7,8)/b;2-1+. The van der Waals surface area contributed by atoms with Crippen molar-refractivity contribution in [3.8, 4) is 17.6 Å². The zero-order valence-corrected chi connectivity index (χ0v) is 16.7. The first-order valence-electron chi connectivity index (χ1n) is 8.78. The minimum absolute atomic E-state index is 0.166. The molecule has 2 rings (SSSR count). The summed E-state index contributed by atoms with van der Waals surface area (Å²) in [5, 5.41) is 37.3. The van der Waals surface area contributed by atoms with Gasteiger partial charge in [0.15, 0.2) is 0 Å². The Hall–Kier alpha value is -3.38. The second-order valence-electron chi connectivity index (χ2n) is 5.73. The van der Waals surface area contributed by atoms with Crippen molar-refractivity contribution in [1.82, 2.24) is 5.32 Å². The van der Waals surface area contributed by atoms with Crippen molar-refractivity contribution in [2.24, 2.45) is 0 Å². The molecule has 0 spiro atoms. The Balaban J connectivity index is 0.000000479. The third-order valence-corrected chi connectivity index (χ3v) is 3.69. The summed E-state index contributed by atoms with van der Waals surface area (Å²) < 4.78 is 5.87. The quantitative estimate of drug-likeness (QED) is 0.350. The molecule has 30 heavy (non-hydrogen) atoms. The van der Waals surface area contributed by atoms with E-state index in [0.717, 1.165) is 12.1 Å². The van der Waals surface area contributed by atoms with Crippen LogP contribution in [0.3, 0.4) is 0 Å². The zero-order valence-electron chi connectivity index (χ0n) is 15.9. The second-order valence-corrected chi connectivity index (χ2v) is 6.16. The molecule has 0 amide bonds. The van der Waals surface area contributed by atoms with Crippen LogP contribution < -0.4 is 10.1 Å². The van der Waals surface area contributed by atoms with Crippen molar-refractivity contribution in [3.63, 3.8) is 0 Å². The number of para-hydroxylation sites is 1. The number of hydrogen-bond donors (Lipinski definition) is 4. The number of carboxylic acids is 2. The number of rotatable bonds is 9. The molecule has 0 atom stereocenters. The summed E-state index contributed by atoms with van der Waals surface area (Å²) in [5.74, 6) is -1.39. The van der Waals surface area contributed by atoms with Crippen LogP contribution in [0.15, 0.2) is 54.6 Å². The van der Waals surface area contributed by atoms with E-state index < -0.39 is 11.9 Å². The van der Waals surface area contributed by atoms with Crippen LogP contribution in [0.5, 0.6) is 11.5 Å². The average Bonchev–Trinajstić information content (AvgIpc) is 2.71. The Morgan fingerprint density at radius 1 is 1.10 bits per heavy atom. The van der Waals surface area contributed by atoms with Crippen molar-refractivity contribution in [3.05, 3.63) is 70.8 Å². The van der Waals surface area contributed by atoms with Crippen LogP contribution in [-0.4, -0.2) is 40.4 Å². The van der Waals surface area contributed by atoms with E-state index in [1.807, 2.05) is 24.3 Å². The highest BCUT2D eigenvalue weighted by Gasteiger charge is 2.09. The summed E-state index contributed by atoms with van der Waals surface area (Å²) in [6, 6.07) is 14.6. The van der Waals surface area contributed by atoms with Gasteiger partial charge >= 0.3 is 11.9 Å². The molecule has 0 saturated carbocycles. The molecule has 0 fully saturated rings. The molecule has 2 aromatic carbocycles. The van der Waals surface area contributed by atoms with Crippen molar-refractivity contribution >= 4 is 23.5 Å². The number of benzene rings is 2. The Kier molecular flexibility index (Phi) is 11.3. The monoisotopic (exact) mass is 432 g/mol. The second kappa shape index (κ2) is 13.7. The average molecular weight is 433 g/mol. The molecular formula is C21H21ClN2O6. The van der Waals surface area contributed by atoms with Crippen LogP contribution in [0.2, 0.25) is 5.02 Å². The molecule has 8 nitrogen and oxygen atoms in total. The van der Waals surface area contributed by atoms with E-state index in [9.17, 15) is 9.59 Å². The fourth-order valence-corrected chi connectivity index (χ4v) is 2.27. The van der Waals surface area contributed by atoms with E-state index in [1.165, 1.54) is 0 Å². The maximum atomic E-state index is 9.55. The largest absolute Gasteiger partial charge is 0.478 e. The van der Waals surface area contributed by atoms with E-state index in [4.69, 9.17) is 36.9 Å². The Morgan fingerprint density at radius 2 is 1.77 bits per heavy atom. The summed E-state index contributed by atoms with van der Waals surface area (Å²) in [7, 11) is 0. The van der Waals surface area contributed by atoms with Gasteiger partial charge in [-0.3, -0.25) is 0 Å². The highest BCUT2D eigenvalue weighted by atomic mass is 35.5. The van der Waals surface area contributed by atoms with Gasteiger partial charge in [0, 0.05) is 42.0 Å². The maximum Gasteiger partial charge on any atom is 0.328 e. The molecule has 0 aromatic heterocycles. The number of nitrogens with one attached hydrogen (secondary N) is 1. The van der Waals surface area contributed by atoms with Crippen LogP contribution in [0.4, 0.5) is 0 Å². The number of carbonyl (C=O) groups is 2. The Bertz CT molecular complexity index is 908. The normalized spacial score (nSPS) is 10.0. The molecule has 4 N–H and O–H groups in total. The van der Waals surface area contributed by atoms with Gasteiger partial charge in [-0.2, -0.15) is 5.26 Å². The third kappa shape index (κ3) is 9.71. The minimum atomic E-state index is -1.26. The van der Waals surface area contributed by atoms with Gasteiger partial charge in [0.05, 0.1) is 5.56 Å². The molecule has 158 valence electrons. The van der Waals surface area contributed by atoms with Crippen molar-refractivity contribution in [1.29, 1.82) is 5.26 Å². The molecule has 0 heterocycles. The number of aliphatic carboxylic acids is 2. The first kappa shape index (κ1) is 24.7. The SMILES string of the molecule is N#Cc1ccc(Cl)cc1Oc1ccccc1CNCCCO.O=C(O)/C=C/C(=O)O. The third-order valence-electron chi connectivity index (χ3n) is 3.45. The summed E-state index contributed by atoms with van der Waals surface area (Å²) in [5.41, 5.74) is 1.41. The summed E-state index contributed by atoms with van der Waals surface area (Å²) >= 11 is 5.97. The lowest BCUT2D eigenvalue weighted by Crippen LogP contribution is -2.16. The molecule has 0 unspecified atom stereocenters. The minimum Gasteiger partial charge on any atom is -0.478 e. The lowest BCUT2D eigenvalue weighted by atomic mass is 10.2. The molecular weight excluding hydrogens is 412 g/mol. The molecule has 0 aliphatic rings. The number of nitrogens with zero attached hydrogens (tertiary/aromatic N) is 1. The lowest BCUT2D eigenvalue weighted by Gasteiger charge is -2.13. The zero-order chi connectivity index (χ0) is 22.4. The first-order valence-corrected chi connectivity index (χ1v) is 9.16. The Morgan fingerprint density at radius 3 is 2.37 bits per heavy atom. The predicted octanol–water partition coefficient (Wildman–Crippen LogP) is 3.19. The van der Waals surface area contributed by atoms with Gasteiger partial charge in [0.25, 0.3) is 0 Å². The van der Waals surface area contributed by atoms with Crippen LogP contribution in [-0.2, 0) is 16.1 Å². The van der Waals surface area contributed by atoms with Gasteiger partial charge < -0.3 is 25.4 Å². The summed E-state index contributed by atoms with van der Waals surface area (Å²) in [6.07, 6.45) is 1.82. The number of aliphatic hydroxyl groups is 1. The number of aliphatic hydroxyl groups excluding tert-OH is 1. The molecule has 0 aliphatic carbocycles. The van der Waals surface area contributed by atoms with Crippen LogP contribution in [0.25, 0.3) is 0 Å². The predicted molar refractivity (Wildman–Crippen MR) is 111 cm³/mol. The number of halogens is 1. The molecule has 2 aromatic rings. The van der Waals surface area contributed by atoms with E-state index in [2.05, 4.69) is 11.4 Å². The van der Waals surface area contributed by atoms with Crippen molar-refractivity contribution < 1.29 is 29.6 Å². The lowest BCUT2D eigenvalue weighted by molar-refractivity contribution is -0.134. The van der Waals surface area contributed by atoms with Gasteiger partial charge in [-0.1, -0.05) is 29.8 Å². The fraction of sp³-hybridized carbons (Fsp3) is 0.190. The highest BCUT2D eigenvalue weighted by molar-refractivity contribution is 6.30. The summed E-state index contributed by atoms with van der Waals surface area (Å²) in [6.45, 7) is 1.52. The van der Waals surface area contributed by atoms with E-state index in [-0.39, 0.29) is 6.61 Å². The first-order chi connectivity index (χ1) is 14.4. The van der Waals surface area contributed by atoms with Crippen LogP contribution >= 0.6 is 11.6 Å². The molecule has 9 heteroatoms. The van der Waals surface area contributed by atoms with Gasteiger partial charge in [-0.15, -0.1) is 0 Å². The van der Waals surface area contributed by atoms with E-state index in [0.29, 0.717) is 47.2 Å². The molecule has 0 bridgehead atoms. The van der Waals surface area contributed by atoms with Gasteiger partial charge in [0.2, 0.25) is 0 Å². The molecule has 0 radical (unpaired) electrons. The fourth-order valence-electron chi connectivity index (χ4n) is 2.11. The van der Waals surface area contributed by atoms with Gasteiger partial charge in [0.1, 0.15) is 17.6 Å². The van der Waals surface area contributed by atoms with Gasteiger partial charge in [-0.05, 0) is 31.2 Å². The topological polar surface area (TPSA) is 140 Å². The molecule has 0 aliphatic heterocycles. The number of hydrogen-bond acceptors (Lipinski definition) is 6. The Labute approximate surface area is 178 Å². The maximum absolute atomic E-state index is 9.55. The van der Waals surface area contributed by atoms with Crippen molar-refractivity contribution in [2.75, 3.05) is 13.2 Å². The van der Waals surface area contributed by atoms with Crippen LogP contribution in [0.1, 0.15) is 17.5 Å². The van der Waals surface area contributed by atoms with Crippen molar-refractivity contribution in [2.45, 2.75) is 13.0 Å². The number of carboxylic acid groups (broad SMARTS) is 2. The highest BCUT2D eigenvalue weighted by Crippen LogP contribution is 2.30. The molecule has 0 saturated heterocycles. The number of nitriles is 1. The van der Waals surface area contributed by atoms with Gasteiger partial charge in [-0.25, -0.2) is 9.59 Å². The van der Waals surface area contributed by atoms with E-state index >= 15 is 0 Å². The summed E-state index contributed by atoms with van der Waals surface area (Å²) in [4.78, 5) is 19.1. The smallest absolute Gasteiger partial charge is 0.328 e. The van der Waals surface area contributed by atoms with E-state index in [1.54, 1.807) is 18.2 Å². The number of ether oxygens (including phenoxy) is 1.